The van der Waals surface area contributed by atoms with E-state index < -0.39 is 36.4 Å². The number of hydrogen-bond acceptors (Lipinski definition) is 6. The van der Waals surface area contributed by atoms with Gasteiger partial charge in [-0.15, -0.1) is 0 Å². The van der Waals surface area contributed by atoms with Gasteiger partial charge < -0.3 is 31.1 Å². The van der Waals surface area contributed by atoms with E-state index in [9.17, 15) is 14.4 Å². The van der Waals surface area contributed by atoms with E-state index in [0.717, 1.165) is 5.69 Å². The van der Waals surface area contributed by atoms with Crippen LogP contribution in [-0.2, 0) is 14.4 Å². The van der Waals surface area contributed by atoms with Gasteiger partial charge in [0.15, 0.2) is 5.60 Å². The number of carbonyl (C=O) groups is 3. The van der Waals surface area contributed by atoms with Crippen molar-refractivity contribution in [3.8, 4) is 11.1 Å². The summed E-state index contributed by atoms with van der Waals surface area (Å²) in [5.74, 6) is -5.02. The molecule has 0 aliphatic heterocycles. The summed E-state index contributed by atoms with van der Waals surface area (Å²) < 4.78 is 0. The Morgan fingerprint density at radius 3 is 1.74 bits per heavy atom. The van der Waals surface area contributed by atoms with E-state index in [4.69, 9.17) is 26.2 Å². The molecule has 0 fully saturated rings. The lowest BCUT2D eigenvalue weighted by Crippen LogP contribution is -2.42. The minimum absolute atomic E-state index is 0.804. The molecule has 0 aromatic heterocycles. The number of rotatable bonds is 7. The number of aliphatic carboxylic acids is 3. The molecule has 2 rings (SSSR count). The molecule has 31 heavy (non-hydrogen) atoms. The van der Waals surface area contributed by atoms with Gasteiger partial charge >= 0.3 is 17.9 Å². The number of carboxylic acids is 3. The maximum absolute atomic E-state index is 10.3. The summed E-state index contributed by atoms with van der Waals surface area (Å²) in [4.78, 5) is 32.6. The van der Waals surface area contributed by atoms with E-state index in [1.54, 1.807) is 0 Å². The Morgan fingerprint density at radius 1 is 0.871 bits per heavy atom. The lowest BCUT2D eigenvalue weighted by Gasteiger charge is -2.19. The fourth-order valence-electron chi connectivity index (χ4n) is 2.98. The molecule has 0 aliphatic carbocycles. The normalized spacial score (nSPS) is 10.6. The van der Waals surface area contributed by atoms with Crippen molar-refractivity contribution in [2.45, 2.75) is 32.3 Å². The molecular formula is C22H28N2O7. The second kappa shape index (κ2) is 10.4. The average molecular weight is 432 g/mol. The van der Waals surface area contributed by atoms with Crippen molar-refractivity contribution < 1.29 is 34.8 Å². The minimum Gasteiger partial charge on any atom is -0.481 e. The third-order valence-electron chi connectivity index (χ3n) is 4.75. The molecule has 0 aliphatic rings. The topological polar surface area (TPSA) is 161 Å². The van der Waals surface area contributed by atoms with Gasteiger partial charge in [0.2, 0.25) is 0 Å². The summed E-state index contributed by atoms with van der Waals surface area (Å²) in [6.07, 6.45) is -2.29. The molecule has 0 atom stereocenters. The van der Waals surface area contributed by atoms with E-state index in [2.05, 4.69) is 57.1 Å². The van der Waals surface area contributed by atoms with Crippen LogP contribution in [0, 0.1) is 13.8 Å². The first-order chi connectivity index (χ1) is 14.3. The fourth-order valence-corrected chi connectivity index (χ4v) is 2.98. The van der Waals surface area contributed by atoms with E-state index >= 15 is 0 Å². The van der Waals surface area contributed by atoms with Gasteiger partial charge in [0.25, 0.3) is 0 Å². The van der Waals surface area contributed by atoms with Crippen LogP contribution < -0.4 is 10.6 Å². The van der Waals surface area contributed by atoms with Crippen molar-refractivity contribution in [3.05, 3.63) is 47.5 Å². The summed E-state index contributed by atoms with van der Waals surface area (Å²) in [5.41, 5.74) is 10.2. The molecule has 0 radical (unpaired) electrons. The summed E-state index contributed by atoms with van der Waals surface area (Å²) >= 11 is 0. The van der Waals surface area contributed by atoms with Gasteiger partial charge in [-0.1, -0.05) is 18.2 Å². The Hall–Kier alpha value is -3.59. The Labute approximate surface area is 180 Å². The van der Waals surface area contributed by atoms with E-state index in [1.807, 2.05) is 12.1 Å². The predicted molar refractivity (Wildman–Crippen MR) is 117 cm³/mol. The third-order valence-corrected chi connectivity index (χ3v) is 4.75. The van der Waals surface area contributed by atoms with Crippen molar-refractivity contribution in [3.63, 3.8) is 0 Å². The molecule has 0 heterocycles. The molecule has 9 nitrogen and oxygen atoms in total. The van der Waals surface area contributed by atoms with Gasteiger partial charge in [-0.2, -0.15) is 0 Å². The van der Waals surface area contributed by atoms with Crippen molar-refractivity contribution >= 4 is 29.3 Å². The van der Waals surface area contributed by atoms with Crippen LogP contribution in [0.4, 0.5) is 11.4 Å². The van der Waals surface area contributed by atoms with Gasteiger partial charge in [-0.05, 0) is 54.3 Å². The van der Waals surface area contributed by atoms with Crippen LogP contribution in [0.1, 0.15) is 24.0 Å². The first kappa shape index (κ1) is 25.4. The highest BCUT2D eigenvalue weighted by atomic mass is 16.4. The summed E-state index contributed by atoms with van der Waals surface area (Å²) in [7, 11) is 4.15. The van der Waals surface area contributed by atoms with Crippen molar-refractivity contribution in [1.82, 2.24) is 0 Å². The van der Waals surface area contributed by atoms with Crippen LogP contribution in [0.2, 0.25) is 0 Å². The number of carboxylic acid groups (broad SMARTS) is 3. The van der Waals surface area contributed by atoms with E-state index in [0.29, 0.717) is 0 Å². The van der Waals surface area contributed by atoms with E-state index in [1.165, 1.54) is 27.9 Å². The highest BCUT2D eigenvalue weighted by Gasteiger charge is 2.40. The van der Waals surface area contributed by atoms with Crippen molar-refractivity contribution in [1.29, 1.82) is 0 Å². The lowest BCUT2D eigenvalue weighted by atomic mass is 9.95. The minimum atomic E-state index is -2.74. The molecule has 2 aromatic rings. The maximum atomic E-state index is 10.3. The van der Waals surface area contributed by atoms with Crippen LogP contribution in [0.3, 0.4) is 0 Å². The molecule has 0 saturated heterocycles. The summed E-state index contributed by atoms with van der Waals surface area (Å²) in [5, 5.41) is 33.8. The second-order valence-electron chi connectivity index (χ2n) is 7.38. The van der Waals surface area contributed by atoms with Gasteiger partial charge in [-0.25, -0.2) is 4.79 Å². The number of hydrogen-bond donors (Lipinski definition) is 5. The molecular weight excluding hydrogens is 404 g/mol. The number of aliphatic hydroxyl groups is 1. The molecule has 6 N–H and O–H groups in total. The Bertz CT molecular complexity index is 937. The van der Waals surface area contributed by atoms with Crippen LogP contribution in [0.25, 0.3) is 11.1 Å². The number of nitrogen functional groups attached to an aromatic ring is 1. The number of nitrogens with zero attached hydrogens (tertiary/aromatic N) is 1. The second-order valence-corrected chi connectivity index (χ2v) is 7.38. The molecule has 9 heteroatoms. The molecule has 2 aromatic carbocycles. The summed E-state index contributed by atoms with van der Waals surface area (Å²) in [6, 6.07) is 12.4. The quantitative estimate of drug-likeness (QED) is 0.414. The Kier molecular flexibility index (Phi) is 8.57. The van der Waals surface area contributed by atoms with Crippen LogP contribution in [0.5, 0.6) is 0 Å². The highest BCUT2D eigenvalue weighted by molar-refractivity contribution is 5.88. The smallest absolute Gasteiger partial charge is 0.336 e. The first-order valence-electron chi connectivity index (χ1n) is 9.31. The summed E-state index contributed by atoms with van der Waals surface area (Å²) in [6.45, 7) is 4.35. The SMILES string of the molecule is Cc1c(-c2ccc(N)cc2)ccc(N(C)C)c1C.O=C(O)CC(O)(CC(=O)O)C(=O)O. The lowest BCUT2D eigenvalue weighted by molar-refractivity contribution is -0.170. The third kappa shape index (κ3) is 7.00. The molecule has 0 bridgehead atoms. The zero-order chi connectivity index (χ0) is 23.9. The highest BCUT2D eigenvalue weighted by Crippen LogP contribution is 2.31. The molecule has 0 saturated carbocycles. The maximum Gasteiger partial charge on any atom is 0.336 e. The number of anilines is 2. The molecule has 0 spiro atoms. The molecule has 0 amide bonds. The zero-order valence-electron chi connectivity index (χ0n) is 17.9. The Balaban J connectivity index is 0.000000330. The molecule has 0 unspecified atom stereocenters. The van der Waals surface area contributed by atoms with E-state index in [-0.39, 0.29) is 0 Å². The van der Waals surface area contributed by atoms with Gasteiger partial charge in [0, 0.05) is 25.5 Å². The largest absolute Gasteiger partial charge is 0.481 e. The average Bonchev–Trinajstić information content (AvgIpc) is 2.63. The molecule has 168 valence electrons. The van der Waals surface area contributed by atoms with Gasteiger partial charge in [0.1, 0.15) is 0 Å². The van der Waals surface area contributed by atoms with Crippen molar-refractivity contribution in [2.24, 2.45) is 0 Å². The van der Waals surface area contributed by atoms with Crippen molar-refractivity contribution in [2.75, 3.05) is 24.7 Å². The van der Waals surface area contributed by atoms with Gasteiger partial charge in [0.05, 0.1) is 12.8 Å². The zero-order valence-corrected chi connectivity index (χ0v) is 17.9. The monoisotopic (exact) mass is 432 g/mol. The van der Waals surface area contributed by atoms with Gasteiger partial charge in [-0.3, -0.25) is 9.59 Å². The fraction of sp³-hybridized carbons (Fsp3) is 0.318. The van der Waals surface area contributed by atoms with Crippen LogP contribution in [0.15, 0.2) is 36.4 Å². The standard InChI is InChI=1S/C16H20N2.C6H8O7/c1-11-12(2)16(18(3)4)10-9-15(11)13-5-7-14(17)8-6-13;7-3(8)1-6(13,5(11)12)2-4(9)10/h5-10H,17H2,1-4H3;13H,1-2H2,(H,7,8)(H,9,10)(H,11,12). The van der Waals surface area contributed by atoms with Crippen LogP contribution in [-0.4, -0.2) is 58.0 Å². The first-order valence-corrected chi connectivity index (χ1v) is 9.31. The van der Waals surface area contributed by atoms with Crippen LogP contribution >= 0.6 is 0 Å². The Morgan fingerprint density at radius 2 is 1.35 bits per heavy atom. The number of benzene rings is 2. The predicted octanol–water partition coefficient (Wildman–Crippen LogP) is 2.37. The number of nitrogens with two attached hydrogens (primary N) is 1.